The summed E-state index contributed by atoms with van der Waals surface area (Å²) >= 11 is 0. The van der Waals surface area contributed by atoms with Crippen LogP contribution < -0.4 is 0 Å². The Morgan fingerprint density at radius 3 is 1.00 bits per heavy atom. The van der Waals surface area contributed by atoms with Crippen molar-refractivity contribution < 1.29 is 0 Å². The molecular formula is C51H35N3. The summed E-state index contributed by atoms with van der Waals surface area (Å²) in [6.45, 7) is 0. The van der Waals surface area contributed by atoms with Gasteiger partial charge in [0.1, 0.15) is 0 Å². The Labute approximate surface area is 316 Å². The van der Waals surface area contributed by atoms with Crippen molar-refractivity contribution in [1.82, 2.24) is 15.0 Å². The van der Waals surface area contributed by atoms with Crippen molar-refractivity contribution in [2.75, 3.05) is 0 Å². The molecule has 3 nitrogen and oxygen atoms in total. The molecule has 0 bridgehead atoms. The molecule has 8 aromatic carbocycles. The Hall–Kier alpha value is -7.23. The minimum atomic E-state index is 0.623. The summed E-state index contributed by atoms with van der Waals surface area (Å²) in [7, 11) is 0. The molecule has 0 fully saturated rings. The number of hydrogen-bond acceptors (Lipinski definition) is 3. The molecule has 3 heteroatoms. The van der Waals surface area contributed by atoms with Crippen LogP contribution in [0.15, 0.2) is 212 Å². The SMILES string of the molecule is c1ccc(-c2ccc(-c3ccc(-c4nc(-c5cccc(-c6ccccc6)c5)nc(-c5ccc(-c6ccccc6)c(-c6ccccc6)c5)n4)cc3)cc2)cc1. The first-order valence-electron chi connectivity index (χ1n) is 18.2. The predicted molar refractivity (Wildman–Crippen MR) is 223 cm³/mol. The first-order valence-corrected chi connectivity index (χ1v) is 18.2. The minimum absolute atomic E-state index is 0.623. The molecule has 0 radical (unpaired) electrons. The van der Waals surface area contributed by atoms with E-state index in [4.69, 9.17) is 15.0 Å². The van der Waals surface area contributed by atoms with Crippen LogP contribution in [0.1, 0.15) is 0 Å². The maximum Gasteiger partial charge on any atom is 0.164 e. The van der Waals surface area contributed by atoms with E-state index in [0.717, 1.165) is 61.2 Å². The van der Waals surface area contributed by atoms with Crippen LogP contribution in [0.2, 0.25) is 0 Å². The molecule has 0 aliphatic carbocycles. The van der Waals surface area contributed by atoms with E-state index in [0.29, 0.717) is 17.5 Å². The molecule has 0 spiro atoms. The van der Waals surface area contributed by atoms with Crippen molar-refractivity contribution >= 4 is 0 Å². The molecule has 0 saturated heterocycles. The van der Waals surface area contributed by atoms with E-state index in [-0.39, 0.29) is 0 Å². The maximum atomic E-state index is 5.15. The lowest BCUT2D eigenvalue weighted by atomic mass is 9.92. The molecule has 9 rings (SSSR count). The second-order valence-corrected chi connectivity index (χ2v) is 13.3. The van der Waals surface area contributed by atoms with Crippen molar-refractivity contribution in [3.63, 3.8) is 0 Å². The van der Waals surface area contributed by atoms with Crippen LogP contribution in [0.3, 0.4) is 0 Å². The van der Waals surface area contributed by atoms with E-state index < -0.39 is 0 Å². The van der Waals surface area contributed by atoms with Gasteiger partial charge in [-0.15, -0.1) is 0 Å². The molecule has 0 aliphatic rings. The van der Waals surface area contributed by atoms with Crippen LogP contribution in [0.25, 0.3) is 89.8 Å². The van der Waals surface area contributed by atoms with E-state index >= 15 is 0 Å². The predicted octanol–water partition coefficient (Wildman–Crippen LogP) is 13.2. The van der Waals surface area contributed by atoms with E-state index in [1.807, 2.05) is 12.1 Å². The molecule has 0 aliphatic heterocycles. The average Bonchev–Trinajstić information content (AvgIpc) is 3.27. The minimum Gasteiger partial charge on any atom is -0.208 e. The summed E-state index contributed by atoms with van der Waals surface area (Å²) in [5.41, 5.74) is 14.3. The van der Waals surface area contributed by atoms with Crippen LogP contribution in [0, 0.1) is 0 Å². The molecule has 54 heavy (non-hydrogen) atoms. The van der Waals surface area contributed by atoms with Gasteiger partial charge in [-0.2, -0.15) is 0 Å². The van der Waals surface area contributed by atoms with Gasteiger partial charge in [0.05, 0.1) is 0 Å². The second-order valence-electron chi connectivity index (χ2n) is 13.3. The van der Waals surface area contributed by atoms with Crippen molar-refractivity contribution in [2.24, 2.45) is 0 Å². The molecule has 1 heterocycles. The molecule has 0 saturated carbocycles. The van der Waals surface area contributed by atoms with Crippen molar-refractivity contribution in [1.29, 1.82) is 0 Å². The molecule has 0 amide bonds. The molecule has 1 aromatic heterocycles. The Morgan fingerprint density at radius 2 is 0.500 bits per heavy atom. The first kappa shape index (κ1) is 32.7. The van der Waals surface area contributed by atoms with Crippen LogP contribution in [-0.4, -0.2) is 15.0 Å². The maximum absolute atomic E-state index is 5.15. The quantitative estimate of drug-likeness (QED) is 0.159. The van der Waals surface area contributed by atoms with Crippen LogP contribution in [0.5, 0.6) is 0 Å². The van der Waals surface area contributed by atoms with Gasteiger partial charge in [-0.3, -0.25) is 0 Å². The second kappa shape index (κ2) is 14.8. The van der Waals surface area contributed by atoms with E-state index in [2.05, 4.69) is 200 Å². The smallest absolute Gasteiger partial charge is 0.164 e. The number of nitrogens with zero attached hydrogens (tertiary/aromatic N) is 3. The monoisotopic (exact) mass is 689 g/mol. The van der Waals surface area contributed by atoms with Gasteiger partial charge in [-0.05, 0) is 67.8 Å². The van der Waals surface area contributed by atoms with Crippen LogP contribution >= 0.6 is 0 Å². The Kier molecular flexibility index (Phi) is 8.94. The average molecular weight is 690 g/mol. The van der Waals surface area contributed by atoms with Crippen molar-refractivity contribution in [2.45, 2.75) is 0 Å². The van der Waals surface area contributed by atoms with Gasteiger partial charge in [0.25, 0.3) is 0 Å². The van der Waals surface area contributed by atoms with E-state index in [1.165, 1.54) is 11.1 Å². The fourth-order valence-electron chi connectivity index (χ4n) is 6.94. The standard InChI is InChI=1S/C51H35N3/c1-5-14-36(15-6-1)38-24-26-39(27-25-38)40-28-30-43(31-29-40)49-52-50(45-23-13-22-44(34-45)37-16-7-2-8-17-37)54-51(53-49)46-32-33-47(41-18-9-3-10-19-41)48(35-46)42-20-11-4-12-21-42/h1-35H. The van der Waals surface area contributed by atoms with Gasteiger partial charge in [0.2, 0.25) is 0 Å². The number of rotatable bonds is 8. The fraction of sp³-hybridized carbons (Fsp3) is 0. The number of hydrogen-bond donors (Lipinski definition) is 0. The lowest BCUT2D eigenvalue weighted by Gasteiger charge is -2.14. The first-order chi connectivity index (χ1) is 26.7. The van der Waals surface area contributed by atoms with Gasteiger partial charge in [0.15, 0.2) is 17.5 Å². The highest BCUT2D eigenvalue weighted by Gasteiger charge is 2.16. The topological polar surface area (TPSA) is 38.7 Å². The number of benzene rings is 8. The van der Waals surface area contributed by atoms with Crippen LogP contribution in [0.4, 0.5) is 0 Å². The molecule has 254 valence electrons. The summed E-state index contributed by atoms with van der Waals surface area (Å²) < 4.78 is 0. The van der Waals surface area contributed by atoms with Gasteiger partial charge >= 0.3 is 0 Å². The highest BCUT2D eigenvalue weighted by molar-refractivity contribution is 5.87. The van der Waals surface area contributed by atoms with Gasteiger partial charge in [-0.1, -0.05) is 200 Å². The van der Waals surface area contributed by atoms with Gasteiger partial charge < -0.3 is 0 Å². The summed E-state index contributed by atoms with van der Waals surface area (Å²) in [6.07, 6.45) is 0. The lowest BCUT2D eigenvalue weighted by Crippen LogP contribution is -2.01. The van der Waals surface area contributed by atoms with E-state index in [9.17, 15) is 0 Å². The Balaban J connectivity index is 1.14. The molecule has 9 aromatic rings. The van der Waals surface area contributed by atoms with Crippen molar-refractivity contribution in [3.8, 4) is 89.8 Å². The molecular weight excluding hydrogens is 655 g/mol. The third-order valence-electron chi connectivity index (χ3n) is 9.78. The molecule has 0 unspecified atom stereocenters. The summed E-state index contributed by atoms with van der Waals surface area (Å²) in [6, 6.07) is 74.1. The largest absolute Gasteiger partial charge is 0.208 e. The summed E-state index contributed by atoms with van der Waals surface area (Å²) in [5, 5.41) is 0. The zero-order chi connectivity index (χ0) is 36.1. The van der Waals surface area contributed by atoms with Gasteiger partial charge in [-0.25, -0.2) is 15.0 Å². The summed E-state index contributed by atoms with van der Waals surface area (Å²) in [4.78, 5) is 15.4. The van der Waals surface area contributed by atoms with E-state index in [1.54, 1.807) is 0 Å². The third kappa shape index (κ3) is 6.87. The Bertz CT molecular complexity index is 2660. The molecule has 0 N–H and O–H groups in total. The Morgan fingerprint density at radius 1 is 0.185 bits per heavy atom. The van der Waals surface area contributed by atoms with Crippen molar-refractivity contribution in [3.05, 3.63) is 212 Å². The molecule has 0 atom stereocenters. The zero-order valence-electron chi connectivity index (χ0n) is 29.5. The summed E-state index contributed by atoms with van der Waals surface area (Å²) in [5.74, 6) is 1.87. The number of aromatic nitrogens is 3. The van der Waals surface area contributed by atoms with Crippen LogP contribution in [-0.2, 0) is 0 Å². The lowest BCUT2D eigenvalue weighted by molar-refractivity contribution is 1.07. The highest BCUT2D eigenvalue weighted by Crippen LogP contribution is 2.36. The zero-order valence-corrected chi connectivity index (χ0v) is 29.5. The normalized spacial score (nSPS) is 11.0. The third-order valence-corrected chi connectivity index (χ3v) is 9.78. The highest BCUT2D eigenvalue weighted by atomic mass is 15.0. The fourth-order valence-corrected chi connectivity index (χ4v) is 6.94. The van der Waals surface area contributed by atoms with Gasteiger partial charge in [0, 0.05) is 16.7 Å².